The number of hydrogen-bond acceptors (Lipinski definition) is 3. The maximum absolute atomic E-state index is 12.6. The number of nitrogens with one attached hydrogen (secondary N) is 1. The van der Waals surface area contributed by atoms with E-state index in [0.29, 0.717) is 13.0 Å². The summed E-state index contributed by atoms with van der Waals surface area (Å²) >= 11 is 1.70. The Bertz CT molecular complexity index is 516. The lowest BCUT2D eigenvalue weighted by atomic mass is 10.0. The minimum atomic E-state index is -0.452. The van der Waals surface area contributed by atoms with Gasteiger partial charge in [-0.25, -0.2) is 0 Å². The highest BCUT2D eigenvalue weighted by Crippen LogP contribution is 2.23. The Labute approximate surface area is 130 Å². The van der Waals surface area contributed by atoms with Crippen molar-refractivity contribution in [3.05, 3.63) is 35.9 Å². The number of hydrogen-bond donors (Lipinski definition) is 1. The maximum atomic E-state index is 12.6. The van der Waals surface area contributed by atoms with Crippen molar-refractivity contribution in [1.29, 1.82) is 0 Å². The molecular weight excluding hydrogens is 284 g/mol. The maximum Gasteiger partial charge on any atom is 0.246 e. The fraction of sp³-hybridized carbons (Fsp3) is 0.500. The molecule has 0 aliphatic carbocycles. The fourth-order valence-corrected chi connectivity index (χ4v) is 2.70. The van der Waals surface area contributed by atoms with Crippen LogP contribution in [0.3, 0.4) is 0 Å². The van der Waals surface area contributed by atoms with E-state index >= 15 is 0 Å². The standard InChI is InChI=1S/C16H22N2O2S/c1-16(2,21-3)11-18-10-14(19)17-13(15(18)20)9-12-7-5-4-6-8-12/h4-8,13H,9-11H2,1-3H3,(H,17,19). The number of piperazine rings is 1. The van der Waals surface area contributed by atoms with Gasteiger partial charge >= 0.3 is 0 Å². The first kappa shape index (κ1) is 15.9. The van der Waals surface area contributed by atoms with Crippen molar-refractivity contribution in [3.8, 4) is 0 Å². The number of rotatable bonds is 5. The molecule has 1 N–H and O–H groups in total. The number of benzene rings is 1. The summed E-state index contributed by atoms with van der Waals surface area (Å²) in [6.07, 6.45) is 2.57. The molecule has 2 amide bonds. The van der Waals surface area contributed by atoms with Crippen LogP contribution in [-0.4, -0.2) is 46.8 Å². The van der Waals surface area contributed by atoms with E-state index in [1.807, 2.05) is 36.6 Å². The van der Waals surface area contributed by atoms with Gasteiger partial charge < -0.3 is 10.2 Å². The van der Waals surface area contributed by atoms with Crippen molar-refractivity contribution in [2.24, 2.45) is 0 Å². The Morgan fingerprint density at radius 3 is 2.57 bits per heavy atom. The zero-order chi connectivity index (χ0) is 15.5. The average Bonchev–Trinajstić information content (AvgIpc) is 2.45. The predicted molar refractivity (Wildman–Crippen MR) is 86.3 cm³/mol. The molecular formula is C16H22N2O2S. The van der Waals surface area contributed by atoms with Crippen LogP contribution in [0.15, 0.2) is 30.3 Å². The van der Waals surface area contributed by atoms with Crippen molar-refractivity contribution in [2.45, 2.75) is 31.1 Å². The lowest BCUT2D eigenvalue weighted by molar-refractivity contribution is -0.144. The van der Waals surface area contributed by atoms with E-state index in [1.165, 1.54) is 0 Å². The molecule has 4 nitrogen and oxygen atoms in total. The first-order valence-corrected chi connectivity index (χ1v) is 8.31. The summed E-state index contributed by atoms with van der Waals surface area (Å²) in [5, 5.41) is 2.81. The molecule has 1 aliphatic rings. The van der Waals surface area contributed by atoms with Crippen LogP contribution in [0.25, 0.3) is 0 Å². The Morgan fingerprint density at radius 1 is 1.29 bits per heavy atom. The van der Waals surface area contributed by atoms with Crippen LogP contribution in [0, 0.1) is 0 Å². The third kappa shape index (κ3) is 4.24. The van der Waals surface area contributed by atoms with Crippen LogP contribution < -0.4 is 5.32 Å². The van der Waals surface area contributed by atoms with Gasteiger partial charge in [0.25, 0.3) is 0 Å². The molecule has 2 rings (SSSR count). The quantitative estimate of drug-likeness (QED) is 0.901. The highest BCUT2D eigenvalue weighted by molar-refractivity contribution is 7.99. The van der Waals surface area contributed by atoms with Crippen LogP contribution in [-0.2, 0) is 16.0 Å². The number of carbonyl (C=O) groups is 2. The lowest BCUT2D eigenvalue weighted by Gasteiger charge is -2.37. The summed E-state index contributed by atoms with van der Waals surface area (Å²) in [5.74, 6) is -0.0620. The molecule has 0 bridgehead atoms. The summed E-state index contributed by atoms with van der Waals surface area (Å²) in [6.45, 7) is 4.92. The molecule has 1 aromatic rings. The van der Waals surface area contributed by atoms with E-state index in [1.54, 1.807) is 16.7 Å². The molecule has 1 atom stereocenters. The van der Waals surface area contributed by atoms with Crippen LogP contribution in [0.1, 0.15) is 19.4 Å². The number of carbonyl (C=O) groups excluding carboxylic acids is 2. The third-order valence-corrected chi connectivity index (χ3v) is 4.92. The van der Waals surface area contributed by atoms with Crippen LogP contribution >= 0.6 is 11.8 Å². The summed E-state index contributed by atoms with van der Waals surface area (Å²) in [4.78, 5) is 26.1. The van der Waals surface area contributed by atoms with E-state index in [9.17, 15) is 9.59 Å². The van der Waals surface area contributed by atoms with Gasteiger partial charge in [-0.05, 0) is 25.7 Å². The van der Waals surface area contributed by atoms with Gasteiger partial charge in [-0.15, -0.1) is 0 Å². The van der Waals surface area contributed by atoms with E-state index in [0.717, 1.165) is 5.56 Å². The summed E-state index contributed by atoms with van der Waals surface area (Å²) < 4.78 is -0.0510. The van der Waals surface area contributed by atoms with Gasteiger partial charge in [-0.2, -0.15) is 11.8 Å². The monoisotopic (exact) mass is 306 g/mol. The average molecular weight is 306 g/mol. The minimum Gasteiger partial charge on any atom is -0.342 e. The fourth-order valence-electron chi connectivity index (χ4n) is 2.42. The van der Waals surface area contributed by atoms with Crippen molar-refractivity contribution in [2.75, 3.05) is 19.3 Å². The molecule has 21 heavy (non-hydrogen) atoms. The molecule has 1 heterocycles. The van der Waals surface area contributed by atoms with E-state index < -0.39 is 6.04 Å². The van der Waals surface area contributed by atoms with E-state index in [2.05, 4.69) is 19.2 Å². The van der Waals surface area contributed by atoms with Crippen molar-refractivity contribution >= 4 is 23.6 Å². The third-order valence-electron chi connectivity index (χ3n) is 3.69. The molecule has 1 fully saturated rings. The molecule has 1 aromatic carbocycles. The smallest absolute Gasteiger partial charge is 0.246 e. The second-order valence-corrected chi connectivity index (χ2v) is 7.48. The molecule has 114 valence electrons. The molecule has 1 unspecified atom stereocenters. The number of nitrogens with zero attached hydrogens (tertiary/aromatic N) is 1. The van der Waals surface area contributed by atoms with Crippen LogP contribution in [0.5, 0.6) is 0 Å². The first-order valence-electron chi connectivity index (χ1n) is 7.08. The van der Waals surface area contributed by atoms with Gasteiger partial charge in [0, 0.05) is 17.7 Å². The van der Waals surface area contributed by atoms with Gasteiger partial charge in [0.2, 0.25) is 11.8 Å². The zero-order valence-electron chi connectivity index (χ0n) is 12.8. The molecule has 0 spiro atoms. The largest absolute Gasteiger partial charge is 0.342 e. The van der Waals surface area contributed by atoms with Crippen molar-refractivity contribution < 1.29 is 9.59 Å². The Balaban J connectivity index is 2.09. The van der Waals surface area contributed by atoms with Gasteiger partial charge in [0.05, 0.1) is 6.54 Å². The highest BCUT2D eigenvalue weighted by Gasteiger charge is 2.35. The summed E-state index contributed by atoms with van der Waals surface area (Å²) in [7, 11) is 0. The Kier molecular flexibility index (Phi) is 4.93. The highest BCUT2D eigenvalue weighted by atomic mass is 32.2. The second kappa shape index (κ2) is 6.52. The van der Waals surface area contributed by atoms with Gasteiger partial charge in [-0.1, -0.05) is 30.3 Å². The van der Waals surface area contributed by atoms with Crippen LogP contribution in [0.2, 0.25) is 0 Å². The second-order valence-electron chi connectivity index (χ2n) is 5.97. The first-order chi connectivity index (χ1) is 9.91. The molecule has 0 radical (unpaired) electrons. The van der Waals surface area contributed by atoms with Gasteiger partial charge in [-0.3, -0.25) is 9.59 Å². The van der Waals surface area contributed by atoms with Crippen molar-refractivity contribution in [3.63, 3.8) is 0 Å². The molecule has 5 heteroatoms. The van der Waals surface area contributed by atoms with Crippen molar-refractivity contribution in [1.82, 2.24) is 10.2 Å². The Morgan fingerprint density at radius 2 is 1.95 bits per heavy atom. The minimum absolute atomic E-state index is 0.0144. The van der Waals surface area contributed by atoms with E-state index in [4.69, 9.17) is 0 Å². The van der Waals surface area contributed by atoms with Gasteiger partial charge in [0.1, 0.15) is 6.04 Å². The summed E-state index contributed by atoms with van der Waals surface area (Å²) in [6, 6.07) is 9.33. The van der Waals surface area contributed by atoms with Crippen LogP contribution in [0.4, 0.5) is 0 Å². The lowest BCUT2D eigenvalue weighted by Crippen LogP contribution is -2.60. The predicted octanol–water partition coefficient (Wildman–Crippen LogP) is 1.70. The molecule has 0 saturated carbocycles. The van der Waals surface area contributed by atoms with E-state index in [-0.39, 0.29) is 23.1 Å². The van der Waals surface area contributed by atoms with Gasteiger partial charge in [0.15, 0.2) is 0 Å². The molecule has 1 saturated heterocycles. The molecule has 0 aromatic heterocycles. The Hall–Kier alpha value is -1.49. The molecule has 1 aliphatic heterocycles. The zero-order valence-corrected chi connectivity index (χ0v) is 13.6. The number of thioether (sulfide) groups is 1. The SMILES string of the molecule is CSC(C)(C)CN1CC(=O)NC(Cc2ccccc2)C1=O. The number of amides is 2. The summed E-state index contributed by atoms with van der Waals surface area (Å²) in [5.41, 5.74) is 1.06. The topological polar surface area (TPSA) is 49.4 Å². The normalized spacial score (nSPS) is 19.6.